The van der Waals surface area contributed by atoms with Gasteiger partial charge in [0, 0.05) is 25.4 Å². The second-order valence-electron chi connectivity index (χ2n) is 5.21. The number of amides is 1. The smallest absolute Gasteiger partial charge is 0.243 e. The molecule has 0 spiro atoms. The molecule has 0 saturated carbocycles. The van der Waals surface area contributed by atoms with Crippen LogP contribution in [0.3, 0.4) is 0 Å². The van der Waals surface area contributed by atoms with Gasteiger partial charge < -0.3 is 14.2 Å². The van der Waals surface area contributed by atoms with Gasteiger partial charge in [-0.3, -0.25) is 9.78 Å². The predicted octanol–water partition coefficient (Wildman–Crippen LogP) is 3.10. The van der Waals surface area contributed by atoms with Crippen molar-refractivity contribution in [3.63, 3.8) is 0 Å². The first kappa shape index (κ1) is 17.2. The van der Waals surface area contributed by atoms with Crippen molar-refractivity contribution in [3.8, 4) is 11.5 Å². The van der Waals surface area contributed by atoms with Crippen LogP contribution in [0.15, 0.2) is 46.2 Å². The molecule has 1 atom stereocenters. The highest BCUT2D eigenvalue weighted by Gasteiger charge is 2.35. The molecule has 3 rings (SSSR count). The number of pyridine rings is 1. The van der Waals surface area contributed by atoms with Crippen molar-refractivity contribution >= 4 is 27.7 Å². The van der Waals surface area contributed by atoms with E-state index in [1.165, 1.54) is 11.9 Å². The van der Waals surface area contributed by atoms with Crippen molar-refractivity contribution in [1.82, 2.24) is 9.99 Å². The van der Waals surface area contributed by atoms with E-state index in [0.717, 1.165) is 0 Å². The maximum atomic E-state index is 12.1. The number of hydrogen-bond donors (Lipinski definition) is 0. The lowest BCUT2D eigenvalue weighted by atomic mass is 10.1. The molecular weight excluding hydrogens is 390 g/mol. The van der Waals surface area contributed by atoms with Gasteiger partial charge in [-0.05, 0) is 34.1 Å². The van der Waals surface area contributed by atoms with Gasteiger partial charge in [0.05, 0.1) is 29.8 Å². The summed E-state index contributed by atoms with van der Waals surface area (Å²) in [4.78, 5) is 16.1. The first-order valence-corrected chi connectivity index (χ1v) is 8.21. The van der Waals surface area contributed by atoms with Crippen LogP contribution in [0.4, 0.5) is 0 Å². The molecule has 1 aromatic carbocycles. The van der Waals surface area contributed by atoms with E-state index in [9.17, 15) is 4.79 Å². The van der Waals surface area contributed by atoms with Crippen LogP contribution in [0.25, 0.3) is 0 Å². The molecule has 0 unspecified atom stereocenters. The Balaban J connectivity index is 2.03. The Bertz CT molecular complexity index is 826. The fourth-order valence-corrected chi connectivity index (χ4v) is 2.97. The number of rotatable bonds is 4. The van der Waals surface area contributed by atoms with Gasteiger partial charge in [0.15, 0.2) is 0 Å². The lowest BCUT2D eigenvalue weighted by Crippen LogP contribution is -2.25. The maximum Gasteiger partial charge on any atom is 0.243 e. The zero-order chi connectivity index (χ0) is 18.0. The molecular formula is C17H16BrN3O4. The number of benzene rings is 1. The zero-order valence-electron chi connectivity index (χ0n) is 13.9. The number of ether oxygens (including phenoxy) is 3. The Hall–Kier alpha value is -2.61. The predicted molar refractivity (Wildman–Crippen MR) is 94.4 cm³/mol. The van der Waals surface area contributed by atoms with Crippen LogP contribution in [0.5, 0.6) is 11.5 Å². The molecule has 1 aliphatic heterocycles. The van der Waals surface area contributed by atoms with Crippen molar-refractivity contribution in [3.05, 3.63) is 52.3 Å². The number of carbonyl (C=O) groups excluding carboxylic acids is 1. The zero-order valence-corrected chi connectivity index (χ0v) is 15.5. The summed E-state index contributed by atoms with van der Waals surface area (Å²) in [5.74, 6) is 1.21. The molecule has 0 N–H and O–H groups in total. The monoisotopic (exact) mass is 405 g/mol. The Labute approximate surface area is 153 Å². The fraction of sp³-hybridized carbons (Fsp3) is 0.235. The van der Waals surface area contributed by atoms with Crippen molar-refractivity contribution in [2.24, 2.45) is 5.10 Å². The normalized spacial score (nSPS) is 16.2. The largest absolute Gasteiger partial charge is 0.496 e. The Morgan fingerprint density at radius 3 is 2.64 bits per heavy atom. The molecule has 0 bridgehead atoms. The van der Waals surface area contributed by atoms with Crippen molar-refractivity contribution in [2.75, 3.05) is 14.2 Å². The summed E-state index contributed by atoms with van der Waals surface area (Å²) in [5, 5.41) is 5.58. The SMILES string of the molecule is COc1cc(OC)c([C@@H]2OC(c3cccnc3)=NN2C(C)=O)cc1Br. The third-order valence-corrected chi connectivity index (χ3v) is 4.26. The maximum absolute atomic E-state index is 12.1. The lowest BCUT2D eigenvalue weighted by Gasteiger charge is -2.22. The van der Waals surface area contributed by atoms with Gasteiger partial charge in [-0.1, -0.05) is 0 Å². The highest BCUT2D eigenvalue weighted by atomic mass is 79.9. The Morgan fingerprint density at radius 1 is 1.28 bits per heavy atom. The first-order valence-electron chi connectivity index (χ1n) is 7.42. The summed E-state index contributed by atoms with van der Waals surface area (Å²) in [6.45, 7) is 1.43. The quantitative estimate of drug-likeness (QED) is 0.780. The van der Waals surface area contributed by atoms with Crippen molar-refractivity contribution < 1.29 is 19.0 Å². The van der Waals surface area contributed by atoms with E-state index in [-0.39, 0.29) is 5.91 Å². The van der Waals surface area contributed by atoms with Crippen LogP contribution in [0, 0.1) is 0 Å². The molecule has 2 heterocycles. The molecule has 130 valence electrons. The minimum absolute atomic E-state index is 0.252. The van der Waals surface area contributed by atoms with Gasteiger partial charge in [0.2, 0.25) is 18.0 Å². The van der Waals surface area contributed by atoms with Gasteiger partial charge in [0.1, 0.15) is 11.5 Å². The summed E-state index contributed by atoms with van der Waals surface area (Å²) >= 11 is 3.45. The number of hydrogen-bond acceptors (Lipinski definition) is 6. The summed E-state index contributed by atoms with van der Waals surface area (Å²) in [6.07, 6.45) is 2.54. The van der Waals surface area contributed by atoms with Gasteiger partial charge in [-0.25, -0.2) is 0 Å². The summed E-state index contributed by atoms with van der Waals surface area (Å²) in [7, 11) is 3.11. The third-order valence-electron chi connectivity index (χ3n) is 3.65. The summed E-state index contributed by atoms with van der Waals surface area (Å²) in [5.41, 5.74) is 1.33. The van der Waals surface area contributed by atoms with Gasteiger partial charge in [-0.2, -0.15) is 5.01 Å². The fourth-order valence-electron chi connectivity index (χ4n) is 2.45. The standard InChI is InChI=1S/C17H16BrN3O4/c1-10(22)21-17(25-16(20-21)11-5-4-6-19-9-11)12-7-13(18)15(24-3)8-14(12)23-2/h4-9,17H,1-3H3/t17-/m0/s1. The van der Waals surface area contributed by atoms with E-state index >= 15 is 0 Å². The third kappa shape index (κ3) is 3.30. The first-order chi connectivity index (χ1) is 12.0. The van der Waals surface area contributed by atoms with E-state index in [1.807, 2.05) is 6.07 Å². The molecule has 0 saturated heterocycles. The Kier molecular flexibility index (Phi) is 4.89. The van der Waals surface area contributed by atoms with Crippen LogP contribution in [0.1, 0.15) is 24.3 Å². The van der Waals surface area contributed by atoms with Gasteiger partial charge in [-0.15, -0.1) is 5.10 Å². The number of halogens is 1. The number of carbonyl (C=O) groups is 1. The molecule has 7 nitrogen and oxygen atoms in total. The highest BCUT2D eigenvalue weighted by Crippen LogP contribution is 2.40. The van der Waals surface area contributed by atoms with E-state index < -0.39 is 6.23 Å². The second-order valence-corrected chi connectivity index (χ2v) is 6.06. The van der Waals surface area contributed by atoms with Crippen LogP contribution >= 0.6 is 15.9 Å². The van der Waals surface area contributed by atoms with Gasteiger partial charge >= 0.3 is 0 Å². The summed E-state index contributed by atoms with van der Waals surface area (Å²) in [6, 6.07) is 7.11. The van der Waals surface area contributed by atoms with Gasteiger partial charge in [0.25, 0.3) is 0 Å². The van der Waals surface area contributed by atoms with Crippen LogP contribution in [0.2, 0.25) is 0 Å². The number of nitrogens with zero attached hydrogens (tertiary/aromatic N) is 3. The average molecular weight is 406 g/mol. The minimum atomic E-state index is -0.745. The molecule has 2 aromatic rings. The molecule has 1 aliphatic rings. The second kappa shape index (κ2) is 7.10. The molecule has 1 aromatic heterocycles. The van der Waals surface area contributed by atoms with E-state index in [4.69, 9.17) is 14.2 Å². The number of hydrazone groups is 1. The molecule has 0 radical (unpaired) electrons. The van der Waals surface area contributed by atoms with Crippen LogP contribution in [-0.4, -0.2) is 36.0 Å². The molecule has 1 amide bonds. The summed E-state index contributed by atoms with van der Waals surface area (Å²) < 4.78 is 17.4. The van der Waals surface area contributed by atoms with Crippen molar-refractivity contribution in [2.45, 2.75) is 13.2 Å². The lowest BCUT2D eigenvalue weighted by molar-refractivity contribution is -0.135. The highest BCUT2D eigenvalue weighted by molar-refractivity contribution is 9.10. The van der Waals surface area contributed by atoms with E-state index in [1.54, 1.807) is 44.8 Å². The van der Waals surface area contributed by atoms with E-state index in [0.29, 0.717) is 33.0 Å². The van der Waals surface area contributed by atoms with E-state index in [2.05, 4.69) is 26.0 Å². The minimum Gasteiger partial charge on any atom is -0.496 e. The molecule has 25 heavy (non-hydrogen) atoms. The Morgan fingerprint density at radius 2 is 2.04 bits per heavy atom. The topological polar surface area (TPSA) is 73.2 Å². The average Bonchev–Trinajstić information content (AvgIpc) is 3.07. The molecule has 0 fully saturated rings. The number of methoxy groups -OCH3 is 2. The van der Waals surface area contributed by atoms with Crippen LogP contribution in [-0.2, 0) is 9.53 Å². The van der Waals surface area contributed by atoms with Crippen molar-refractivity contribution in [1.29, 1.82) is 0 Å². The van der Waals surface area contributed by atoms with Crippen LogP contribution < -0.4 is 9.47 Å². The molecule has 8 heteroatoms. The number of aromatic nitrogens is 1. The molecule has 0 aliphatic carbocycles.